The summed E-state index contributed by atoms with van der Waals surface area (Å²) in [6.45, 7) is 5.50. The van der Waals surface area contributed by atoms with Crippen molar-refractivity contribution < 1.29 is 8.78 Å². The molecule has 1 aromatic carbocycles. The van der Waals surface area contributed by atoms with Gasteiger partial charge in [-0.05, 0) is 32.4 Å². The van der Waals surface area contributed by atoms with E-state index < -0.39 is 12.2 Å². The highest BCUT2D eigenvalue weighted by molar-refractivity contribution is 7.11. The van der Waals surface area contributed by atoms with Crippen LogP contribution in [-0.2, 0) is 6.54 Å². The molecule has 1 fully saturated rings. The molecular formula is C18H21F2N5S. The third-order valence-electron chi connectivity index (χ3n) is 4.84. The van der Waals surface area contributed by atoms with Crippen molar-refractivity contribution in [2.45, 2.75) is 39.0 Å². The first-order valence-corrected chi connectivity index (χ1v) is 9.47. The number of imidazole rings is 1. The molecular weight excluding hydrogens is 356 g/mol. The van der Waals surface area contributed by atoms with Crippen molar-refractivity contribution in [3.8, 4) is 0 Å². The summed E-state index contributed by atoms with van der Waals surface area (Å²) in [5.41, 5.74) is 8.36. The number of hydrogen-bond donors (Lipinski definition) is 1. The predicted molar refractivity (Wildman–Crippen MR) is 100 cm³/mol. The van der Waals surface area contributed by atoms with Crippen LogP contribution < -0.4 is 10.6 Å². The molecule has 3 aromatic rings. The van der Waals surface area contributed by atoms with Gasteiger partial charge in [0.05, 0.1) is 34.3 Å². The molecule has 5 nitrogen and oxygen atoms in total. The summed E-state index contributed by atoms with van der Waals surface area (Å²) < 4.78 is 29.5. The maximum atomic E-state index is 13.8. The van der Waals surface area contributed by atoms with E-state index in [9.17, 15) is 8.78 Å². The van der Waals surface area contributed by atoms with Crippen molar-refractivity contribution in [3.63, 3.8) is 0 Å². The summed E-state index contributed by atoms with van der Waals surface area (Å²) in [6, 6.07) is 4.07. The van der Waals surface area contributed by atoms with Gasteiger partial charge in [-0.1, -0.05) is 0 Å². The minimum Gasteiger partial charge on any atom is -0.340 e. The molecule has 0 bridgehead atoms. The van der Waals surface area contributed by atoms with Gasteiger partial charge in [-0.15, -0.1) is 11.3 Å². The number of hydrogen-bond acceptors (Lipinski definition) is 5. The lowest BCUT2D eigenvalue weighted by Crippen LogP contribution is -2.50. The molecule has 3 heterocycles. The zero-order valence-corrected chi connectivity index (χ0v) is 15.6. The van der Waals surface area contributed by atoms with Crippen molar-refractivity contribution in [2.75, 3.05) is 18.0 Å². The Balaban J connectivity index is 1.79. The fourth-order valence-electron chi connectivity index (χ4n) is 3.49. The number of anilines is 1. The molecule has 0 amide bonds. The highest BCUT2D eigenvalue weighted by Crippen LogP contribution is 2.29. The van der Waals surface area contributed by atoms with E-state index in [4.69, 9.17) is 5.73 Å². The van der Waals surface area contributed by atoms with Crippen LogP contribution in [0.15, 0.2) is 18.2 Å². The Morgan fingerprint density at radius 1 is 1.31 bits per heavy atom. The normalized spacial score (nSPS) is 20.9. The topological polar surface area (TPSA) is 60.0 Å². The second-order valence-electron chi connectivity index (χ2n) is 6.79. The quantitative estimate of drug-likeness (QED) is 0.762. The van der Waals surface area contributed by atoms with Gasteiger partial charge in [0.25, 0.3) is 0 Å². The van der Waals surface area contributed by atoms with Crippen LogP contribution in [0, 0.1) is 19.7 Å². The number of fused-ring (bicyclic) bond motifs is 1. The Morgan fingerprint density at radius 3 is 2.81 bits per heavy atom. The lowest BCUT2D eigenvalue weighted by atomic mass is 10.1. The van der Waals surface area contributed by atoms with Crippen LogP contribution in [-0.4, -0.2) is 39.8 Å². The van der Waals surface area contributed by atoms with Gasteiger partial charge in [0.2, 0.25) is 5.95 Å². The number of benzene rings is 1. The summed E-state index contributed by atoms with van der Waals surface area (Å²) in [7, 11) is 0. The number of piperidine rings is 1. The summed E-state index contributed by atoms with van der Waals surface area (Å²) in [4.78, 5) is 12.3. The van der Waals surface area contributed by atoms with E-state index in [2.05, 4.69) is 14.5 Å². The van der Waals surface area contributed by atoms with Crippen LogP contribution in [0.2, 0.25) is 0 Å². The van der Waals surface area contributed by atoms with Gasteiger partial charge >= 0.3 is 0 Å². The van der Waals surface area contributed by atoms with E-state index in [1.807, 2.05) is 18.7 Å². The van der Waals surface area contributed by atoms with Crippen molar-refractivity contribution in [1.29, 1.82) is 0 Å². The molecule has 0 spiro atoms. The third kappa shape index (κ3) is 3.07. The molecule has 26 heavy (non-hydrogen) atoms. The van der Waals surface area contributed by atoms with Crippen LogP contribution in [0.1, 0.15) is 22.0 Å². The van der Waals surface area contributed by atoms with E-state index in [0.29, 0.717) is 37.5 Å². The van der Waals surface area contributed by atoms with Crippen LogP contribution >= 0.6 is 11.3 Å². The first kappa shape index (κ1) is 17.4. The van der Waals surface area contributed by atoms with E-state index in [1.54, 1.807) is 17.4 Å². The van der Waals surface area contributed by atoms with Gasteiger partial charge in [0.15, 0.2) is 0 Å². The van der Waals surface area contributed by atoms with Gasteiger partial charge in [-0.3, -0.25) is 0 Å². The number of halogens is 2. The zero-order valence-electron chi connectivity index (χ0n) is 14.7. The Hall–Kier alpha value is -2.06. The standard InChI is InChI=1S/C18H21F2N5S/c1-10-17(26-11(2)22-10)9-25-16-4-3-12(19)7-15(16)23-18(25)24-6-5-13(20)14(21)8-24/h3-4,7,13-14H,5-6,8-9,21H2,1-2H3/t13-,14-/m1/s1. The largest absolute Gasteiger partial charge is 0.340 e. The number of alkyl halides is 1. The molecule has 1 saturated heterocycles. The average Bonchev–Trinajstić information content (AvgIpc) is 3.10. The Labute approximate surface area is 154 Å². The van der Waals surface area contributed by atoms with Crippen LogP contribution in [0.5, 0.6) is 0 Å². The Bertz CT molecular complexity index is 951. The monoisotopic (exact) mass is 377 g/mol. The first-order valence-electron chi connectivity index (χ1n) is 8.65. The number of thiazole rings is 1. The third-order valence-corrected chi connectivity index (χ3v) is 5.90. The molecule has 0 saturated carbocycles. The molecule has 0 radical (unpaired) electrons. The van der Waals surface area contributed by atoms with Gasteiger partial charge in [-0.2, -0.15) is 0 Å². The summed E-state index contributed by atoms with van der Waals surface area (Å²) >= 11 is 1.64. The van der Waals surface area contributed by atoms with Crippen molar-refractivity contribution in [1.82, 2.24) is 14.5 Å². The van der Waals surface area contributed by atoms with Gasteiger partial charge in [0.1, 0.15) is 12.0 Å². The molecule has 4 rings (SSSR count). The fourth-order valence-corrected chi connectivity index (χ4v) is 4.41. The average molecular weight is 377 g/mol. The summed E-state index contributed by atoms with van der Waals surface area (Å²) in [5.74, 6) is 0.385. The minimum absolute atomic E-state index is 0.322. The fraction of sp³-hybridized carbons (Fsp3) is 0.444. The second kappa shape index (κ2) is 6.59. The van der Waals surface area contributed by atoms with Gasteiger partial charge in [-0.25, -0.2) is 18.7 Å². The number of rotatable bonds is 3. The number of nitrogens with two attached hydrogens (primary N) is 1. The SMILES string of the molecule is Cc1nc(C)c(Cn2c(N3CC[C@@H](F)[C@H](N)C3)nc3cc(F)ccc32)s1. The number of aromatic nitrogens is 3. The smallest absolute Gasteiger partial charge is 0.206 e. The second-order valence-corrected chi connectivity index (χ2v) is 8.07. The molecule has 2 atom stereocenters. The molecule has 138 valence electrons. The molecule has 0 aliphatic carbocycles. The van der Waals surface area contributed by atoms with E-state index in [0.717, 1.165) is 21.1 Å². The summed E-state index contributed by atoms with van der Waals surface area (Å²) in [5, 5.41) is 1.01. The summed E-state index contributed by atoms with van der Waals surface area (Å²) in [6.07, 6.45) is -0.620. The lowest BCUT2D eigenvalue weighted by molar-refractivity contribution is 0.243. The zero-order chi connectivity index (χ0) is 18.4. The van der Waals surface area contributed by atoms with Gasteiger partial charge in [0, 0.05) is 24.0 Å². The van der Waals surface area contributed by atoms with E-state index >= 15 is 0 Å². The predicted octanol–water partition coefficient (Wildman–Crippen LogP) is 3.17. The van der Waals surface area contributed by atoms with Crippen molar-refractivity contribution in [2.24, 2.45) is 5.73 Å². The van der Waals surface area contributed by atoms with E-state index in [-0.39, 0.29) is 5.82 Å². The number of aryl methyl sites for hydroxylation is 2. The Kier molecular flexibility index (Phi) is 4.40. The van der Waals surface area contributed by atoms with Crippen LogP contribution in [0.4, 0.5) is 14.7 Å². The molecule has 1 aliphatic rings. The molecule has 1 aliphatic heterocycles. The highest BCUT2D eigenvalue weighted by atomic mass is 32.1. The van der Waals surface area contributed by atoms with Crippen LogP contribution in [0.3, 0.4) is 0 Å². The molecule has 2 N–H and O–H groups in total. The molecule has 8 heteroatoms. The molecule has 0 unspecified atom stereocenters. The van der Waals surface area contributed by atoms with E-state index in [1.165, 1.54) is 12.1 Å². The van der Waals surface area contributed by atoms with Crippen molar-refractivity contribution in [3.05, 3.63) is 39.6 Å². The Morgan fingerprint density at radius 2 is 2.12 bits per heavy atom. The minimum atomic E-state index is -0.993. The van der Waals surface area contributed by atoms with Crippen LogP contribution in [0.25, 0.3) is 11.0 Å². The highest BCUT2D eigenvalue weighted by Gasteiger charge is 2.29. The lowest BCUT2D eigenvalue weighted by Gasteiger charge is -2.34. The maximum Gasteiger partial charge on any atom is 0.206 e. The maximum absolute atomic E-state index is 13.8. The van der Waals surface area contributed by atoms with Gasteiger partial charge < -0.3 is 15.2 Å². The molecule has 2 aromatic heterocycles. The number of nitrogens with zero attached hydrogens (tertiary/aromatic N) is 4. The van der Waals surface area contributed by atoms with Crippen molar-refractivity contribution >= 4 is 28.3 Å². The first-order chi connectivity index (χ1) is 12.4.